The highest BCUT2D eigenvalue weighted by Gasteiger charge is 2.10. The second-order valence-corrected chi connectivity index (χ2v) is 5.02. The lowest BCUT2D eigenvalue weighted by molar-refractivity contribution is 0.1000. The highest BCUT2D eigenvalue weighted by atomic mass is 16.5. The predicted octanol–water partition coefficient (Wildman–Crippen LogP) is 3.29. The van der Waals surface area contributed by atoms with Gasteiger partial charge in [0.1, 0.15) is 12.4 Å². The van der Waals surface area contributed by atoms with Gasteiger partial charge in [-0.3, -0.25) is 4.79 Å². The van der Waals surface area contributed by atoms with Crippen LogP contribution in [0.25, 0.3) is 0 Å². The summed E-state index contributed by atoms with van der Waals surface area (Å²) in [6.45, 7) is 6.43. The number of hydrogen-bond donors (Lipinski definition) is 1. The minimum atomic E-state index is -0.415. The number of primary amides is 1. The Bertz CT molecular complexity index is 624. The SMILES string of the molecule is Cc1ccccc1COc1c(C)cc(C(N)=O)cc1C. The molecule has 0 aliphatic rings. The molecule has 0 spiro atoms. The molecule has 0 atom stereocenters. The van der Waals surface area contributed by atoms with Crippen LogP contribution in [0.3, 0.4) is 0 Å². The molecule has 0 aliphatic heterocycles. The third-order valence-corrected chi connectivity index (χ3v) is 3.38. The molecular weight excluding hydrogens is 250 g/mol. The summed E-state index contributed by atoms with van der Waals surface area (Å²) in [6, 6.07) is 11.7. The van der Waals surface area contributed by atoms with Crippen molar-refractivity contribution in [1.29, 1.82) is 0 Å². The Morgan fingerprint density at radius 1 is 1.05 bits per heavy atom. The number of carbonyl (C=O) groups excluding carboxylic acids is 1. The zero-order valence-corrected chi connectivity index (χ0v) is 12.1. The summed E-state index contributed by atoms with van der Waals surface area (Å²) < 4.78 is 5.92. The molecule has 0 heterocycles. The molecule has 0 bridgehead atoms. The van der Waals surface area contributed by atoms with E-state index in [0.29, 0.717) is 12.2 Å². The molecule has 3 heteroatoms. The van der Waals surface area contributed by atoms with Gasteiger partial charge in [0.05, 0.1) is 0 Å². The van der Waals surface area contributed by atoms with Crippen molar-refractivity contribution in [1.82, 2.24) is 0 Å². The number of amides is 1. The molecule has 104 valence electrons. The molecule has 2 aromatic rings. The molecule has 0 aromatic heterocycles. The highest BCUT2D eigenvalue weighted by molar-refractivity contribution is 5.93. The molecule has 1 amide bonds. The third-order valence-electron chi connectivity index (χ3n) is 3.38. The van der Waals surface area contributed by atoms with Gasteiger partial charge >= 0.3 is 0 Å². The van der Waals surface area contributed by atoms with E-state index < -0.39 is 5.91 Å². The first-order valence-corrected chi connectivity index (χ1v) is 6.57. The average molecular weight is 269 g/mol. The Morgan fingerprint density at radius 3 is 2.20 bits per heavy atom. The lowest BCUT2D eigenvalue weighted by Gasteiger charge is -2.14. The van der Waals surface area contributed by atoms with Crippen LogP contribution in [-0.4, -0.2) is 5.91 Å². The summed E-state index contributed by atoms with van der Waals surface area (Å²) in [4.78, 5) is 11.2. The van der Waals surface area contributed by atoms with Crippen LogP contribution in [0, 0.1) is 20.8 Å². The van der Waals surface area contributed by atoms with Gasteiger partial charge in [0, 0.05) is 5.56 Å². The third kappa shape index (κ3) is 2.99. The van der Waals surface area contributed by atoms with Crippen LogP contribution in [0.15, 0.2) is 36.4 Å². The number of aryl methyl sites for hydroxylation is 3. The van der Waals surface area contributed by atoms with Gasteiger partial charge in [0.2, 0.25) is 5.91 Å². The fraction of sp³-hybridized carbons (Fsp3) is 0.235. The van der Waals surface area contributed by atoms with Crippen molar-refractivity contribution in [2.45, 2.75) is 27.4 Å². The molecule has 0 aliphatic carbocycles. The first kappa shape index (κ1) is 14.1. The maximum Gasteiger partial charge on any atom is 0.248 e. The zero-order chi connectivity index (χ0) is 14.7. The van der Waals surface area contributed by atoms with E-state index in [1.807, 2.05) is 26.0 Å². The summed E-state index contributed by atoms with van der Waals surface area (Å²) in [5.74, 6) is 0.403. The molecule has 2 N–H and O–H groups in total. The van der Waals surface area contributed by atoms with Gasteiger partial charge in [0.15, 0.2) is 0 Å². The molecule has 20 heavy (non-hydrogen) atoms. The molecule has 3 nitrogen and oxygen atoms in total. The zero-order valence-electron chi connectivity index (χ0n) is 12.1. The molecule has 0 unspecified atom stereocenters. The normalized spacial score (nSPS) is 10.3. The second kappa shape index (κ2) is 5.78. The first-order chi connectivity index (χ1) is 9.49. The highest BCUT2D eigenvalue weighted by Crippen LogP contribution is 2.26. The summed E-state index contributed by atoms with van der Waals surface area (Å²) >= 11 is 0. The monoisotopic (exact) mass is 269 g/mol. The van der Waals surface area contributed by atoms with E-state index in [1.165, 1.54) is 5.56 Å². The number of hydrogen-bond acceptors (Lipinski definition) is 2. The minimum Gasteiger partial charge on any atom is -0.488 e. The van der Waals surface area contributed by atoms with E-state index in [2.05, 4.69) is 19.1 Å². The van der Waals surface area contributed by atoms with E-state index >= 15 is 0 Å². The van der Waals surface area contributed by atoms with E-state index in [0.717, 1.165) is 22.4 Å². The van der Waals surface area contributed by atoms with Crippen molar-refractivity contribution in [3.8, 4) is 5.75 Å². The Morgan fingerprint density at radius 2 is 1.65 bits per heavy atom. The second-order valence-electron chi connectivity index (χ2n) is 5.02. The topological polar surface area (TPSA) is 52.3 Å². The molecular formula is C17H19NO2. The van der Waals surface area contributed by atoms with Gasteiger partial charge in [0.25, 0.3) is 0 Å². The number of ether oxygens (including phenoxy) is 1. The van der Waals surface area contributed by atoms with Gasteiger partial charge in [-0.25, -0.2) is 0 Å². The van der Waals surface area contributed by atoms with Crippen LogP contribution in [0.4, 0.5) is 0 Å². The molecule has 0 radical (unpaired) electrons. The number of nitrogens with two attached hydrogens (primary N) is 1. The van der Waals surface area contributed by atoms with Gasteiger partial charge < -0.3 is 10.5 Å². The summed E-state index contributed by atoms with van der Waals surface area (Å²) in [5.41, 5.74) is 10.0. The van der Waals surface area contributed by atoms with Crippen LogP contribution in [-0.2, 0) is 6.61 Å². The van der Waals surface area contributed by atoms with E-state index in [9.17, 15) is 4.79 Å². The molecule has 2 rings (SSSR count). The van der Waals surface area contributed by atoms with Gasteiger partial charge in [-0.2, -0.15) is 0 Å². The van der Waals surface area contributed by atoms with Crippen molar-refractivity contribution in [2.75, 3.05) is 0 Å². The quantitative estimate of drug-likeness (QED) is 0.926. The maximum atomic E-state index is 11.2. The van der Waals surface area contributed by atoms with Crippen molar-refractivity contribution >= 4 is 5.91 Å². The smallest absolute Gasteiger partial charge is 0.248 e. The number of rotatable bonds is 4. The fourth-order valence-electron chi connectivity index (χ4n) is 2.24. The van der Waals surface area contributed by atoms with E-state index in [-0.39, 0.29) is 0 Å². The van der Waals surface area contributed by atoms with Crippen LogP contribution >= 0.6 is 0 Å². The summed E-state index contributed by atoms with van der Waals surface area (Å²) in [6.07, 6.45) is 0. The average Bonchev–Trinajstić information content (AvgIpc) is 2.39. The maximum absolute atomic E-state index is 11.2. The standard InChI is InChI=1S/C17H19NO2/c1-11-6-4-5-7-14(11)10-20-16-12(2)8-15(17(18)19)9-13(16)3/h4-9H,10H2,1-3H3,(H2,18,19). The fourth-order valence-corrected chi connectivity index (χ4v) is 2.24. The van der Waals surface area contributed by atoms with Gasteiger partial charge in [-0.15, -0.1) is 0 Å². The van der Waals surface area contributed by atoms with Crippen molar-refractivity contribution in [2.24, 2.45) is 5.73 Å². The molecule has 0 fully saturated rings. The van der Waals surface area contributed by atoms with Crippen molar-refractivity contribution < 1.29 is 9.53 Å². The lowest BCUT2D eigenvalue weighted by Crippen LogP contribution is -2.12. The number of carbonyl (C=O) groups is 1. The number of benzene rings is 2. The van der Waals surface area contributed by atoms with Crippen LogP contribution in [0.5, 0.6) is 5.75 Å². The Labute approximate surface area is 119 Å². The van der Waals surface area contributed by atoms with Crippen molar-refractivity contribution in [3.05, 3.63) is 64.2 Å². The van der Waals surface area contributed by atoms with Gasteiger partial charge in [-0.05, 0) is 55.2 Å². The molecule has 0 saturated carbocycles. The summed E-state index contributed by atoms with van der Waals surface area (Å²) in [5, 5.41) is 0. The van der Waals surface area contributed by atoms with Crippen LogP contribution in [0.1, 0.15) is 32.6 Å². The van der Waals surface area contributed by atoms with Crippen LogP contribution < -0.4 is 10.5 Å². The van der Waals surface area contributed by atoms with Crippen LogP contribution in [0.2, 0.25) is 0 Å². The summed E-state index contributed by atoms with van der Waals surface area (Å²) in [7, 11) is 0. The Hall–Kier alpha value is -2.29. The minimum absolute atomic E-state index is 0.415. The van der Waals surface area contributed by atoms with Gasteiger partial charge in [-0.1, -0.05) is 24.3 Å². The van der Waals surface area contributed by atoms with E-state index in [1.54, 1.807) is 12.1 Å². The predicted molar refractivity (Wildman–Crippen MR) is 79.9 cm³/mol. The molecule has 0 saturated heterocycles. The largest absolute Gasteiger partial charge is 0.488 e. The lowest BCUT2D eigenvalue weighted by atomic mass is 10.1. The Kier molecular flexibility index (Phi) is 4.08. The van der Waals surface area contributed by atoms with Crippen molar-refractivity contribution in [3.63, 3.8) is 0 Å². The first-order valence-electron chi connectivity index (χ1n) is 6.57. The Balaban J connectivity index is 2.22. The van der Waals surface area contributed by atoms with E-state index in [4.69, 9.17) is 10.5 Å². The molecule has 2 aromatic carbocycles.